The van der Waals surface area contributed by atoms with Crippen LogP contribution in [0, 0.1) is 10.1 Å². The van der Waals surface area contributed by atoms with Crippen molar-refractivity contribution in [2.24, 2.45) is 4.99 Å². The number of benzene rings is 2. The van der Waals surface area contributed by atoms with Crippen molar-refractivity contribution in [1.82, 2.24) is 10.6 Å². The fourth-order valence-corrected chi connectivity index (χ4v) is 2.34. The number of aliphatic imine (C=N–C) groups is 1. The van der Waals surface area contributed by atoms with Crippen molar-refractivity contribution >= 4 is 17.3 Å². The van der Waals surface area contributed by atoms with E-state index in [1.165, 1.54) is 12.1 Å². The van der Waals surface area contributed by atoms with Crippen molar-refractivity contribution in [3.05, 3.63) is 64.2 Å². The van der Waals surface area contributed by atoms with E-state index in [4.69, 9.17) is 4.74 Å². The van der Waals surface area contributed by atoms with Gasteiger partial charge in [-0.25, -0.2) is 0 Å². The monoisotopic (exact) mass is 357 g/mol. The van der Waals surface area contributed by atoms with Gasteiger partial charge in [-0.05, 0) is 18.2 Å². The molecule has 0 amide bonds. The maximum atomic E-state index is 10.6. The van der Waals surface area contributed by atoms with Gasteiger partial charge in [0, 0.05) is 50.1 Å². The highest BCUT2D eigenvalue weighted by molar-refractivity contribution is 5.79. The standard InChI is InChI=1S/C18H23N5O3/c1-19-18(22-13-14-5-3-4-6-17(14)26-2)21-12-11-20-15-7-9-16(10-8-15)23(24)25/h3-10,20H,11-13H2,1-2H3,(H2,19,21,22). The number of guanidine groups is 1. The first kappa shape index (κ1) is 19.0. The molecule has 0 aliphatic heterocycles. The first-order valence-electron chi connectivity index (χ1n) is 8.18. The molecular weight excluding hydrogens is 334 g/mol. The number of anilines is 1. The van der Waals surface area contributed by atoms with Gasteiger partial charge < -0.3 is 20.7 Å². The Kier molecular flexibility index (Phi) is 7.23. The second-order valence-corrected chi connectivity index (χ2v) is 5.40. The fourth-order valence-electron chi connectivity index (χ4n) is 2.34. The third-order valence-electron chi connectivity index (χ3n) is 3.69. The number of rotatable bonds is 8. The Morgan fingerprint density at radius 3 is 2.50 bits per heavy atom. The third-order valence-corrected chi connectivity index (χ3v) is 3.69. The quantitative estimate of drug-likeness (QED) is 0.220. The van der Waals surface area contributed by atoms with Crippen molar-refractivity contribution in [3.63, 3.8) is 0 Å². The van der Waals surface area contributed by atoms with Crippen molar-refractivity contribution in [2.45, 2.75) is 6.54 Å². The Hall–Kier alpha value is -3.29. The summed E-state index contributed by atoms with van der Waals surface area (Å²) in [6, 6.07) is 14.1. The molecule has 8 nitrogen and oxygen atoms in total. The average molecular weight is 357 g/mol. The molecule has 0 unspecified atom stereocenters. The third kappa shape index (κ3) is 5.66. The molecule has 8 heteroatoms. The molecule has 0 aliphatic carbocycles. The Bertz CT molecular complexity index is 747. The summed E-state index contributed by atoms with van der Waals surface area (Å²) in [4.78, 5) is 14.4. The lowest BCUT2D eigenvalue weighted by atomic mass is 10.2. The molecule has 0 radical (unpaired) electrons. The minimum absolute atomic E-state index is 0.0783. The van der Waals surface area contributed by atoms with E-state index >= 15 is 0 Å². The van der Waals surface area contributed by atoms with Crippen molar-refractivity contribution < 1.29 is 9.66 Å². The molecule has 0 atom stereocenters. The zero-order valence-electron chi connectivity index (χ0n) is 14.9. The number of para-hydroxylation sites is 1. The van der Waals surface area contributed by atoms with Crippen LogP contribution in [-0.4, -0.2) is 38.1 Å². The molecule has 0 aromatic heterocycles. The Morgan fingerprint density at radius 2 is 1.85 bits per heavy atom. The van der Waals surface area contributed by atoms with E-state index < -0.39 is 4.92 Å². The van der Waals surface area contributed by atoms with E-state index in [1.807, 2.05) is 24.3 Å². The lowest BCUT2D eigenvalue weighted by molar-refractivity contribution is -0.384. The highest BCUT2D eigenvalue weighted by Gasteiger charge is 2.04. The van der Waals surface area contributed by atoms with Gasteiger partial charge in [0.1, 0.15) is 5.75 Å². The van der Waals surface area contributed by atoms with E-state index in [9.17, 15) is 10.1 Å². The molecule has 3 N–H and O–H groups in total. The molecule has 0 bridgehead atoms. The topological polar surface area (TPSA) is 101 Å². The minimum atomic E-state index is -0.414. The minimum Gasteiger partial charge on any atom is -0.496 e. The smallest absolute Gasteiger partial charge is 0.269 e. The Balaban J connectivity index is 1.74. The summed E-state index contributed by atoms with van der Waals surface area (Å²) >= 11 is 0. The van der Waals surface area contributed by atoms with E-state index in [-0.39, 0.29) is 5.69 Å². The molecule has 0 spiro atoms. The van der Waals surface area contributed by atoms with Crippen molar-refractivity contribution in [3.8, 4) is 5.75 Å². The van der Waals surface area contributed by atoms with Crippen molar-refractivity contribution in [1.29, 1.82) is 0 Å². The number of nitrogens with zero attached hydrogens (tertiary/aromatic N) is 2. The van der Waals surface area contributed by atoms with Crippen molar-refractivity contribution in [2.75, 3.05) is 32.6 Å². The van der Waals surface area contributed by atoms with Gasteiger partial charge in [-0.15, -0.1) is 0 Å². The van der Waals surface area contributed by atoms with Crippen LogP contribution in [0.5, 0.6) is 5.75 Å². The largest absolute Gasteiger partial charge is 0.496 e. The molecular formula is C18H23N5O3. The van der Waals surface area contributed by atoms with E-state index in [0.717, 1.165) is 17.0 Å². The Morgan fingerprint density at radius 1 is 1.12 bits per heavy atom. The summed E-state index contributed by atoms with van der Waals surface area (Å²) in [5, 5.41) is 20.3. The van der Waals surface area contributed by atoms with Gasteiger partial charge >= 0.3 is 0 Å². The number of nitro benzene ring substituents is 1. The zero-order valence-corrected chi connectivity index (χ0v) is 14.9. The average Bonchev–Trinajstić information content (AvgIpc) is 2.68. The summed E-state index contributed by atoms with van der Waals surface area (Å²) in [6.45, 7) is 1.88. The predicted molar refractivity (Wildman–Crippen MR) is 103 cm³/mol. The summed E-state index contributed by atoms with van der Waals surface area (Å²) in [5.41, 5.74) is 1.95. The van der Waals surface area contributed by atoms with Gasteiger partial charge in [-0.3, -0.25) is 15.1 Å². The molecule has 0 heterocycles. The maximum Gasteiger partial charge on any atom is 0.269 e. The summed E-state index contributed by atoms with van der Waals surface area (Å²) in [5.74, 6) is 1.51. The number of non-ortho nitro benzene ring substituents is 1. The van der Waals surface area contributed by atoms with Gasteiger partial charge in [-0.2, -0.15) is 0 Å². The molecule has 2 aromatic carbocycles. The zero-order chi connectivity index (χ0) is 18.8. The first-order valence-corrected chi connectivity index (χ1v) is 8.18. The first-order chi connectivity index (χ1) is 12.6. The highest BCUT2D eigenvalue weighted by atomic mass is 16.6. The normalized spacial score (nSPS) is 10.9. The number of nitro groups is 1. The van der Waals surface area contributed by atoms with Crippen LogP contribution in [-0.2, 0) is 6.54 Å². The second kappa shape index (κ2) is 9.87. The number of hydrogen-bond donors (Lipinski definition) is 3. The molecule has 0 aliphatic rings. The van der Waals surface area contributed by atoms with E-state index in [2.05, 4.69) is 20.9 Å². The van der Waals surface area contributed by atoms with Crippen LogP contribution in [0.15, 0.2) is 53.5 Å². The number of ether oxygens (including phenoxy) is 1. The van der Waals surface area contributed by atoms with Crippen LogP contribution in [0.25, 0.3) is 0 Å². The summed E-state index contributed by atoms with van der Waals surface area (Å²) < 4.78 is 5.33. The summed E-state index contributed by atoms with van der Waals surface area (Å²) in [6.07, 6.45) is 0. The predicted octanol–water partition coefficient (Wildman–Crippen LogP) is 2.38. The summed E-state index contributed by atoms with van der Waals surface area (Å²) in [7, 11) is 3.36. The molecule has 26 heavy (non-hydrogen) atoms. The number of nitrogens with one attached hydrogen (secondary N) is 3. The van der Waals surface area contributed by atoms with Gasteiger partial charge in [0.2, 0.25) is 0 Å². The van der Waals surface area contributed by atoms with Crippen LogP contribution in [0.2, 0.25) is 0 Å². The molecule has 2 aromatic rings. The van der Waals surface area contributed by atoms with Crippen LogP contribution < -0.4 is 20.7 Å². The Labute approximate surface area is 152 Å². The number of hydrogen-bond acceptors (Lipinski definition) is 5. The highest BCUT2D eigenvalue weighted by Crippen LogP contribution is 2.16. The lowest BCUT2D eigenvalue weighted by Crippen LogP contribution is -2.39. The second-order valence-electron chi connectivity index (χ2n) is 5.40. The van der Waals surface area contributed by atoms with Gasteiger partial charge in [0.15, 0.2) is 5.96 Å². The SMILES string of the molecule is CN=C(NCCNc1ccc([N+](=O)[O-])cc1)NCc1ccccc1OC. The molecule has 0 saturated carbocycles. The fraction of sp³-hybridized carbons (Fsp3) is 0.278. The molecule has 0 fully saturated rings. The van der Waals surface area contributed by atoms with E-state index in [0.29, 0.717) is 25.6 Å². The van der Waals surface area contributed by atoms with Gasteiger partial charge in [0.05, 0.1) is 12.0 Å². The number of methoxy groups -OCH3 is 1. The van der Waals surface area contributed by atoms with Crippen LogP contribution in [0.4, 0.5) is 11.4 Å². The molecule has 2 rings (SSSR count). The van der Waals surface area contributed by atoms with Gasteiger partial charge in [-0.1, -0.05) is 18.2 Å². The van der Waals surface area contributed by atoms with Crippen LogP contribution >= 0.6 is 0 Å². The lowest BCUT2D eigenvalue weighted by Gasteiger charge is -2.14. The maximum absolute atomic E-state index is 10.6. The van der Waals surface area contributed by atoms with Crippen LogP contribution in [0.1, 0.15) is 5.56 Å². The van der Waals surface area contributed by atoms with Gasteiger partial charge in [0.25, 0.3) is 5.69 Å². The van der Waals surface area contributed by atoms with E-state index in [1.54, 1.807) is 26.3 Å². The molecule has 0 saturated heterocycles. The van der Waals surface area contributed by atoms with Crippen LogP contribution in [0.3, 0.4) is 0 Å². The molecule has 138 valence electrons.